The largest absolute Gasteiger partial charge is 0.379 e. The molecule has 0 bridgehead atoms. The van der Waals surface area contributed by atoms with Gasteiger partial charge in [-0.1, -0.05) is 13.3 Å². The van der Waals surface area contributed by atoms with Crippen LogP contribution in [0, 0.1) is 5.92 Å². The maximum Gasteiger partial charge on any atom is 0.230 e. The number of aromatic amines is 1. The Kier molecular flexibility index (Phi) is 4.50. The number of H-pyrrole nitrogens is 1. The first-order valence-electron chi connectivity index (χ1n) is 7.71. The van der Waals surface area contributed by atoms with E-state index in [4.69, 9.17) is 4.74 Å². The van der Waals surface area contributed by atoms with Crippen LogP contribution in [0.25, 0.3) is 0 Å². The molecule has 21 heavy (non-hydrogen) atoms. The molecule has 1 aromatic heterocycles. The number of hydrogen-bond donors (Lipinski definition) is 1. The van der Waals surface area contributed by atoms with Gasteiger partial charge in [-0.2, -0.15) is 5.10 Å². The Hall–Kier alpha value is -1.47. The number of nitrogens with zero attached hydrogens (tertiary/aromatic N) is 4. The van der Waals surface area contributed by atoms with E-state index in [2.05, 4.69) is 27.0 Å². The van der Waals surface area contributed by atoms with Gasteiger partial charge in [-0.25, -0.2) is 4.98 Å². The summed E-state index contributed by atoms with van der Waals surface area (Å²) in [6, 6.07) is 0.470. The van der Waals surface area contributed by atoms with Crippen LogP contribution in [-0.2, 0) is 16.0 Å². The Morgan fingerprint density at radius 1 is 1.43 bits per heavy atom. The Morgan fingerprint density at radius 3 is 2.90 bits per heavy atom. The first kappa shape index (κ1) is 14.5. The van der Waals surface area contributed by atoms with Crippen molar-refractivity contribution in [3.05, 3.63) is 12.2 Å². The van der Waals surface area contributed by atoms with E-state index in [1.807, 2.05) is 4.90 Å². The van der Waals surface area contributed by atoms with E-state index in [9.17, 15) is 4.79 Å². The molecule has 2 aliphatic heterocycles. The lowest BCUT2D eigenvalue weighted by atomic mass is 9.99. The molecule has 7 heteroatoms. The lowest BCUT2D eigenvalue weighted by Crippen LogP contribution is -2.47. The van der Waals surface area contributed by atoms with Gasteiger partial charge >= 0.3 is 0 Å². The molecule has 2 aliphatic rings. The Bertz CT molecular complexity index is 458. The highest BCUT2D eigenvalue weighted by Crippen LogP contribution is 2.26. The zero-order valence-corrected chi connectivity index (χ0v) is 12.5. The zero-order chi connectivity index (χ0) is 14.7. The first-order valence-corrected chi connectivity index (χ1v) is 7.71. The van der Waals surface area contributed by atoms with Crippen LogP contribution in [0.15, 0.2) is 6.33 Å². The van der Waals surface area contributed by atoms with Crippen LogP contribution in [-0.4, -0.2) is 76.3 Å². The van der Waals surface area contributed by atoms with Crippen molar-refractivity contribution in [3.8, 4) is 0 Å². The lowest BCUT2D eigenvalue weighted by molar-refractivity contribution is -0.129. The standard InChI is InChI=1S/C14H23N5O2/c1-2-11-8-19(14(20)7-13-15-10-16-17-13)9-12(11)18-3-5-21-6-4-18/h10-12H,2-9H2,1H3,(H,15,16,17). The van der Waals surface area contributed by atoms with E-state index in [1.54, 1.807) is 0 Å². The molecule has 7 nitrogen and oxygen atoms in total. The number of rotatable bonds is 4. The van der Waals surface area contributed by atoms with Gasteiger partial charge < -0.3 is 9.64 Å². The number of hydrogen-bond acceptors (Lipinski definition) is 5. The Balaban J connectivity index is 1.61. The molecule has 1 N–H and O–H groups in total. The van der Waals surface area contributed by atoms with Gasteiger partial charge in [0.1, 0.15) is 12.2 Å². The molecule has 2 saturated heterocycles. The highest BCUT2D eigenvalue weighted by molar-refractivity contribution is 5.78. The maximum absolute atomic E-state index is 12.4. The van der Waals surface area contributed by atoms with Gasteiger partial charge in [0.25, 0.3) is 0 Å². The second kappa shape index (κ2) is 6.53. The molecule has 3 heterocycles. The fraction of sp³-hybridized carbons (Fsp3) is 0.786. The average molecular weight is 293 g/mol. The van der Waals surface area contributed by atoms with E-state index in [0.29, 0.717) is 24.2 Å². The summed E-state index contributed by atoms with van der Waals surface area (Å²) in [5, 5.41) is 6.55. The molecule has 0 radical (unpaired) electrons. The summed E-state index contributed by atoms with van der Waals surface area (Å²) < 4.78 is 5.43. The first-order chi connectivity index (χ1) is 10.3. The second-order valence-corrected chi connectivity index (χ2v) is 5.79. The monoisotopic (exact) mass is 293 g/mol. The fourth-order valence-electron chi connectivity index (χ4n) is 3.35. The van der Waals surface area contributed by atoms with E-state index in [-0.39, 0.29) is 5.91 Å². The van der Waals surface area contributed by atoms with E-state index in [0.717, 1.165) is 45.8 Å². The third-order valence-corrected chi connectivity index (χ3v) is 4.58. The number of carbonyl (C=O) groups excluding carboxylic acids is 1. The molecule has 0 spiro atoms. The number of likely N-dealkylation sites (tertiary alicyclic amines) is 1. The normalized spacial score (nSPS) is 27.2. The van der Waals surface area contributed by atoms with Crippen LogP contribution in [0.2, 0.25) is 0 Å². The highest BCUT2D eigenvalue weighted by Gasteiger charge is 2.38. The van der Waals surface area contributed by atoms with Crippen molar-refractivity contribution in [2.24, 2.45) is 5.92 Å². The minimum atomic E-state index is 0.140. The molecule has 116 valence electrons. The molecule has 0 aliphatic carbocycles. The summed E-state index contributed by atoms with van der Waals surface area (Å²) in [5.74, 6) is 1.34. The highest BCUT2D eigenvalue weighted by atomic mass is 16.5. The van der Waals surface area contributed by atoms with E-state index < -0.39 is 0 Å². The zero-order valence-electron chi connectivity index (χ0n) is 12.5. The van der Waals surface area contributed by atoms with Crippen LogP contribution < -0.4 is 0 Å². The van der Waals surface area contributed by atoms with Crippen molar-refractivity contribution in [3.63, 3.8) is 0 Å². The number of morpholine rings is 1. The molecule has 1 amide bonds. The SMILES string of the molecule is CCC1CN(C(=O)Cc2ncn[nH]2)CC1N1CCOCC1. The Morgan fingerprint density at radius 2 is 2.24 bits per heavy atom. The smallest absolute Gasteiger partial charge is 0.230 e. The summed E-state index contributed by atoms with van der Waals surface area (Å²) in [5.41, 5.74) is 0. The van der Waals surface area contributed by atoms with Gasteiger partial charge in [0, 0.05) is 32.2 Å². The molecule has 0 aromatic carbocycles. The van der Waals surface area contributed by atoms with Crippen LogP contribution in [0.4, 0.5) is 0 Å². The molecular formula is C14H23N5O2. The summed E-state index contributed by atoms with van der Waals surface area (Å²) in [6.07, 6.45) is 2.86. The van der Waals surface area contributed by atoms with Crippen LogP contribution in [0.5, 0.6) is 0 Å². The predicted octanol–water partition coefficient (Wildman–Crippen LogP) is -0.0836. The number of ether oxygens (including phenoxy) is 1. The average Bonchev–Trinajstić information content (AvgIpc) is 3.17. The van der Waals surface area contributed by atoms with Gasteiger partial charge in [0.05, 0.1) is 19.6 Å². The van der Waals surface area contributed by atoms with Gasteiger partial charge in [0.2, 0.25) is 5.91 Å². The van der Waals surface area contributed by atoms with Crippen LogP contribution >= 0.6 is 0 Å². The topological polar surface area (TPSA) is 74.4 Å². The molecule has 0 saturated carbocycles. The predicted molar refractivity (Wildman–Crippen MR) is 76.6 cm³/mol. The summed E-state index contributed by atoms with van der Waals surface area (Å²) >= 11 is 0. The Labute approximate surface area is 124 Å². The van der Waals surface area contributed by atoms with Crippen molar-refractivity contribution in [2.45, 2.75) is 25.8 Å². The molecule has 2 unspecified atom stereocenters. The van der Waals surface area contributed by atoms with Gasteiger partial charge in [-0.3, -0.25) is 14.8 Å². The quantitative estimate of drug-likeness (QED) is 0.840. The minimum absolute atomic E-state index is 0.140. The van der Waals surface area contributed by atoms with Crippen molar-refractivity contribution < 1.29 is 9.53 Å². The number of carbonyl (C=O) groups is 1. The van der Waals surface area contributed by atoms with E-state index in [1.165, 1.54) is 6.33 Å². The lowest BCUT2D eigenvalue weighted by Gasteiger charge is -2.34. The number of amides is 1. The maximum atomic E-state index is 12.4. The van der Waals surface area contributed by atoms with Crippen LogP contribution in [0.3, 0.4) is 0 Å². The summed E-state index contributed by atoms with van der Waals surface area (Å²) in [7, 11) is 0. The van der Waals surface area contributed by atoms with E-state index >= 15 is 0 Å². The van der Waals surface area contributed by atoms with Gasteiger partial charge in [-0.15, -0.1) is 0 Å². The number of aromatic nitrogens is 3. The van der Waals surface area contributed by atoms with Crippen molar-refractivity contribution >= 4 is 5.91 Å². The number of nitrogens with one attached hydrogen (secondary N) is 1. The minimum Gasteiger partial charge on any atom is -0.379 e. The third kappa shape index (κ3) is 3.24. The molecule has 3 rings (SSSR count). The van der Waals surface area contributed by atoms with Gasteiger partial charge in [0.15, 0.2) is 0 Å². The molecular weight excluding hydrogens is 270 g/mol. The van der Waals surface area contributed by atoms with Gasteiger partial charge in [-0.05, 0) is 5.92 Å². The molecule has 2 fully saturated rings. The molecule has 1 aromatic rings. The van der Waals surface area contributed by atoms with Crippen molar-refractivity contribution in [1.82, 2.24) is 25.0 Å². The van der Waals surface area contributed by atoms with Crippen molar-refractivity contribution in [1.29, 1.82) is 0 Å². The molecule has 2 atom stereocenters. The fourth-order valence-corrected chi connectivity index (χ4v) is 3.35. The second-order valence-electron chi connectivity index (χ2n) is 5.79. The van der Waals surface area contributed by atoms with Crippen LogP contribution in [0.1, 0.15) is 19.2 Å². The summed E-state index contributed by atoms with van der Waals surface area (Å²) in [6.45, 7) is 7.45. The van der Waals surface area contributed by atoms with Crippen molar-refractivity contribution in [2.75, 3.05) is 39.4 Å². The third-order valence-electron chi connectivity index (χ3n) is 4.58. The summed E-state index contributed by atoms with van der Waals surface area (Å²) in [4.78, 5) is 20.9.